The summed E-state index contributed by atoms with van der Waals surface area (Å²) >= 11 is 5.30. The molecule has 0 saturated heterocycles. The number of anilines is 1. The molecule has 0 aliphatic rings. The Morgan fingerprint density at radius 1 is 1.25 bits per heavy atom. The molecule has 3 rings (SSSR count). The van der Waals surface area contributed by atoms with E-state index in [4.69, 9.17) is 12.2 Å². The summed E-state index contributed by atoms with van der Waals surface area (Å²) in [5, 5.41) is 15.4. The Balaban J connectivity index is 1.53. The fraction of sp³-hybridized carbons (Fsp3) is 0.235. The Labute approximate surface area is 146 Å². The van der Waals surface area contributed by atoms with E-state index in [0.717, 1.165) is 17.9 Å². The SMILES string of the molecule is Cc1ccccc1Cn1ccc(NC(=S)NCc2cnn(C)c2)n1. The first-order chi connectivity index (χ1) is 11.6. The van der Waals surface area contributed by atoms with Crippen LogP contribution in [0.3, 0.4) is 0 Å². The van der Waals surface area contributed by atoms with Crippen LogP contribution in [0.4, 0.5) is 5.82 Å². The van der Waals surface area contributed by atoms with Gasteiger partial charge in [-0.15, -0.1) is 0 Å². The topological polar surface area (TPSA) is 59.7 Å². The first-order valence-electron chi connectivity index (χ1n) is 7.70. The monoisotopic (exact) mass is 340 g/mol. The van der Waals surface area contributed by atoms with E-state index in [2.05, 4.69) is 39.9 Å². The van der Waals surface area contributed by atoms with E-state index >= 15 is 0 Å². The van der Waals surface area contributed by atoms with E-state index in [0.29, 0.717) is 11.7 Å². The molecule has 2 aromatic heterocycles. The zero-order valence-corrected chi connectivity index (χ0v) is 14.5. The zero-order chi connectivity index (χ0) is 16.9. The zero-order valence-electron chi connectivity index (χ0n) is 13.7. The van der Waals surface area contributed by atoms with Crippen molar-refractivity contribution in [1.29, 1.82) is 0 Å². The van der Waals surface area contributed by atoms with Crippen molar-refractivity contribution >= 4 is 23.1 Å². The molecule has 0 aliphatic carbocycles. The number of hydrogen-bond acceptors (Lipinski definition) is 3. The van der Waals surface area contributed by atoms with Gasteiger partial charge in [-0.2, -0.15) is 10.2 Å². The molecule has 2 heterocycles. The molecule has 0 fully saturated rings. The van der Waals surface area contributed by atoms with E-state index in [-0.39, 0.29) is 0 Å². The van der Waals surface area contributed by atoms with Gasteiger partial charge in [0.15, 0.2) is 10.9 Å². The standard InChI is InChI=1S/C17H20N6S/c1-13-5-3-4-6-15(13)12-23-8-7-16(21-23)20-17(24)18-9-14-10-19-22(2)11-14/h3-8,10-11H,9,12H2,1-2H3,(H2,18,20,21,24). The number of hydrogen-bond donors (Lipinski definition) is 2. The van der Waals surface area contributed by atoms with Gasteiger partial charge in [0.05, 0.1) is 12.7 Å². The number of rotatable bonds is 5. The van der Waals surface area contributed by atoms with Gasteiger partial charge in [0.25, 0.3) is 0 Å². The van der Waals surface area contributed by atoms with Crippen LogP contribution in [0.1, 0.15) is 16.7 Å². The maximum Gasteiger partial charge on any atom is 0.172 e. The highest BCUT2D eigenvalue weighted by molar-refractivity contribution is 7.80. The Bertz CT molecular complexity index is 835. The van der Waals surface area contributed by atoms with Gasteiger partial charge < -0.3 is 10.6 Å². The molecule has 24 heavy (non-hydrogen) atoms. The summed E-state index contributed by atoms with van der Waals surface area (Å²) in [5.41, 5.74) is 3.59. The van der Waals surface area contributed by atoms with Crippen LogP contribution in [0, 0.1) is 6.92 Å². The number of benzene rings is 1. The second-order valence-corrected chi connectivity index (χ2v) is 6.06. The summed E-state index contributed by atoms with van der Waals surface area (Å²) < 4.78 is 3.66. The Kier molecular flexibility index (Phi) is 4.90. The second kappa shape index (κ2) is 7.27. The molecule has 2 N–H and O–H groups in total. The van der Waals surface area contributed by atoms with Gasteiger partial charge in [-0.1, -0.05) is 24.3 Å². The minimum atomic E-state index is 0.542. The summed E-state index contributed by atoms with van der Waals surface area (Å²) in [7, 11) is 1.89. The van der Waals surface area contributed by atoms with Crippen molar-refractivity contribution in [3.8, 4) is 0 Å². The number of nitrogens with one attached hydrogen (secondary N) is 2. The Morgan fingerprint density at radius 3 is 2.83 bits per heavy atom. The van der Waals surface area contributed by atoms with Crippen LogP contribution in [0.25, 0.3) is 0 Å². The quantitative estimate of drug-likeness (QED) is 0.699. The average molecular weight is 340 g/mol. The molecule has 1 aromatic carbocycles. The van der Waals surface area contributed by atoms with E-state index < -0.39 is 0 Å². The molecule has 0 amide bonds. The first kappa shape index (κ1) is 16.2. The highest BCUT2D eigenvalue weighted by Gasteiger charge is 2.04. The van der Waals surface area contributed by atoms with Gasteiger partial charge in [0, 0.05) is 37.6 Å². The molecule has 0 saturated carbocycles. The highest BCUT2D eigenvalue weighted by Crippen LogP contribution is 2.10. The van der Waals surface area contributed by atoms with E-state index in [9.17, 15) is 0 Å². The maximum atomic E-state index is 5.30. The van der Waals surface area contributed by atoms with Gasteiger partial charge in [-0.25, -0.2) is 0 Å². The van der Waals surface area contributed by atoms with Crippen molar-refractivity contribution in [2.75, 3.05) is 5.32 Å². The molecule has 7 heteroatoms. The normalized spacial score (nSPS) is 10.6. The van der Waals surface area contributed by atoms with E-state index in [1.165, 1.54) is 11.1 Å². The second-order valence-electron chi connectivity index (χ2n) is 5.65. The molecular formula is C17H20N6S. The third-order valence-electron chi connectivity index (χ3n) is 3.69. The number of aryl methyl sites for hydroxylation is 2. The molecule has 0 aliphatic heterocycles. The minimum absolute atomic E-state index is 0.542. The maximum absolute atomic E-state index is 5.30. The summed E-state index contributed by atoms with van der Waals surface area (Å²) in [6.45, 7) is 3.48. The van der Waals surface area contributed by atoms with Crippen LogP contribution in [0.2, 0.25) is 0 Å². The average Bonchev–Trinajstić information content (AvgIpc) is 3.17. The summed E-state index contributed by atoms with van der Waals surface area (Å²) in [4.78, 5) is 0. The third-order valence-corrected chi connectivity index (χ3v) is 3.93. The van der Waals surface area contributed by atoms with Crippen LogP contribution in [-0.2, 0) is 20.1 Å². The van der Waals surface area contributed by atoms with Crippen molar-refractivity contribution < 1.29 is 0 Å². The minimum Gasteiger partial charge on any atom is -0.358 e. The third kappa shape index (κ3) is 4.20. The molecule has 0 bridgehead atoms. The van der Waals surface area contributed by atoms with Crippen molar-refractivity contribution in [3.05, 3.63) is 65.6 Å². The van der Waals surface area contributed by atoms with Crippen LogP contribution in [0.5, 0.6) is 0 Å². The lowest BCUT2D eigenvalue weighted by molar-refractivity contribution is 0.687. The van der Waals surface area contributed by atoms with Crippen LogP contribution < -0.4 is 10.6 Å². The number of thiocarbonyl (C=S) groups is 1. The molecule has 0 atom stereocenters. The molecular weight excluding hydrogens is 320 g/mol. The lowest BCUT2D eigenvalue weighted by atomic mass is 10.1. The van der Waals surface area contributed by atoms with Gasteiger partial charge in [-0.3, -0.25) is 9.36 Å². The predicted octanol–water partition coefficient (Wildman–Crippen LogP) is 2.46. The van der Waals surface area contributed by atoms with Gasteiger partial charge >= 0.3 is 0 Å². The molecule has 3 aromatic rings. The molecule has 0 spiro atoms. The van der Waals surface area contributed by atoms with Gasteiger partial charge in [-0.05, 0) is 30.3 Å². The highest BCUT2D eigenvalue weighted by atomic mass is 32.1. The summed E-state index contributed by atoms with van der Waals surface area (Å²) in [6.07, 6.45) is 5.71. The van der Waals surface area contributed by atoms with Crippen molar-refractivity contribution in [3.63, 3.8) is 0 Å². The molecule has 0 unspecified atom stereocenters. The number of aromatic nitrogens is 4. The van der Waals surface area contributed by atoms with Crippen LogP contribution in [-0.4, -0.2) is 24.7 Å². The first-order valence-corrected chi connectivity index (χ1v) is 8.11. The lowest BCUT2D eigenvalue weighted by Gasteiger charge is -2.08. The van der Waals surface area contributed by atoms with Gasteiger partial charge in [0.1, 0.15) is 0 Å². The fourth-order valence-electron chi connectivity index (χ4n) is 2.38. The largest absolute Gasteiger partial charge is 0.358 e. The molecule has 124 valence electrons. The van der Waals surface area contributed by atoms with Crippen molar-refractivity contribution in [2.24, 2.45) is 7.05 Å². The molecule has 6 nitrogen and oxygen atoms in total. The van der Waals surface area contributed by atoms with Crippen molar-refractivity contribution in [1.82, 2.24) is 24.9 Å². The van der Waals surface area contributed by atoms with Crippen molar-refractivity contribution in [2.45, 2.75) is 20.0 Å². The van der Waals surface area contributed by atoms with Gasteiger partial charge in [0.2, 0.25) is 0 Å². The predicted molar refractivity (Wildman–Crippen MR) is 98.8 cm³/mol. The number of nitrogens with zero attached hydrogens (tertiary/aromatic N) is 4. The summed E-state index contributed by atoms with van der Waals surface area (Å²) in [5.74, 6) is 0.729. The Morgan fingerprint density at radius 2 is 2.08 bits per heavy atom. The summed E-state index contributed by atoms with van der Waals surface area (Å²) in [6, 6.07) is 10.2. The Hall–Kier alpha value is -2.67. The van der Waals surface area contributed by atoms with Crippen LogP contribution in [0.15, 0.2) is 48.9 Å². The van der Waals surface area contributed by atoms with E-state index in [1.54, 1.807) is 4.68 Å². The molecule has 0 radical (unpaired) electrons. The van der Waals surface area contributed by atoms with Crippen LogP contribution >= 0.6 is 12.2 Å². The van der Waals surface area contributed by atoms with E-state index in [1.807, 2.05) is 48.5 Å². The lowest BCUT2D eigenvalue weighted by Crippen LogP contribution is -2.28. The smallest absolute Gasteiger partial charge is 0.172 e. The fourth-order valence-corrected chi connectivity index (χ4v) is 2.56.